The SMILES string of the molecule is CCCCCCCCCN(C(C)(C)CCCCCCC)C(C)(C)CCCCCCC. The molecule has 0 rings (SSSR count). The molecule has 0 radical (unpaired) electrons. The highest BCUT2D eigenvalue weighted by atomic mass is 15.2. The van der Waals surface area contributed by atoms with Gasteiger partial charge in [0.15, 0.2) is 0 Å². The third-order valence-electron chi connectivity index (χ3n) is 7.23. The van der Waals surface area contributed by atoms with E-state index in [0.717, 1.165) is 0 Å². The molecule has 0 heterocycles. The Morgan fingerprint density at radius 1 is 0.400 bits per heavy atom. The molecule has 0 aromatic carbocycles. The quantitative estimate of drug-likeness (QED) is 0.156. The monoisotopic (exact) mass is 423 g/mol. The summed E-state index contributed by atoms with van der Waals surface area (Å²) < 4.78 is 0. The average molecular weight is 424 g/mol. The third kappa shape index (κ3) is 14.9. The van der Waals surface area contributed by atoms with Crippen LogP contribution in [0.2, 0.25) is 0 Å². The van der Waals surface area contributed by atoms with E-state index in [-0.39, 0.29) is 0 Å². The van der Waals surface area contributed by atoms with E-state index in [2.05, 4.69) is 53.4 Å². The molecule has 0 aromatic rings. The molecule has 0 saturated carbocycles. The molecular formula is C29H61N. The fraction of sp³-hybridized carbons (Fsp3) is 1.00. The zero-order valence-corrected chi connectivity index (χ0v) is 22.6. The number of hydrogen-bond acceptors (Lipinski definition) is 1. The van der Waals surface area contributed by atoms with Crippen molar-refractivity contribution in [2.75, 3.05) is 6.54 Å². The highest BCUT2D eigenvalue weighted by Crippen LogP contribution is 2.34. The maximum absolute atomic E-state index is 2.92. The van der Waals surface area contributed by atoms with Crippen LogP contribution in [0.5, 0.6) is 0 Å². The molecule has 0 aliphatic carbocycles. The predicted octanol–water partition coefficient (Wildman–Crippen LogP) is 10.3. The minimum atomic E-state index is 0.321. The van der Waals surface area contributed by atoms with Crippen LogP contribution in [0.25, 0.3) is 0 Å². The Hall–Kier alpha value is -0.0400. The van der Waals surface area contributed by atoms with Crippen LogP contribution in [0.4, 0.5) is 0 Å². The normalized spacial score (nSPS) is 12.8. The minimum absolute atomic E-state index is 0.321. The third-order valence-corrected chi connectivity index (χ3v) is 7.23. The first-order chi connectivity index (χ1) is 14.3. The van der Waals surface area contributed by atoms with Gasteiger partial charge in [-0.3, -0.25) is 4.90 Å². The Bertz CT molecular complexity index is 331. The molecule has 30 heavy (non-hydrogen) atoms. The fourth-order valence-electron chi connectivity index (χ4n) is 5.24. The lowest BCUT2D eigenvalue weighted by atomic mass is 9.85. The first kappa shape index (κ1) is 30.0. The smallest absolute Gasteiger partial charge is 0.0158 e. The van der Waals surface area contributed by atoms with Crippen LogP contribution in [0.3, 0.4) is 0 Å². The van der Waals surface area contributed by atoms with Gasteiger partial charge in [0.1, 0.15) is 0 Å². The molecule has 0 aliphatic rings. The highest BCUT2D eigenvalue weighted by molar-refractivity contribution is 4.92. The molecule has 0 atom stereocenters. The largest absolute Gasteiger partial charge is 0.293 e. The molecular weight excluding hydrogens is 362 g/mol. The number of rotatable bonds is 22. The van der Waals surface area contributed by atoms with Crippen LogP contribution in [-0.2, 0) is 0 Å². The number of unbranched alkanes of at least 4 members (excludes halogenated alkanes) is 14. The van der Waals surface area contributed by atoms with E-state index < -0.39 is 0 Å². The van der Waals surface area contributed by atoms with Crippen LogP contribution < -0.4 is 0 Å². The molecule has 0 amide bonds. The Kier molecular flexibility index (Phi) is 18.5. The molecule has 182 valence electrons. The first-order valence-corrected chi connectivity index (χ1v) is 14.1. The van der Waals surface area contributed by atoms with Crippen LogP contribution >= 0.6 is 0 Å². The van der Waals surface area contributed by atoms with Gasteiger partial charge in [-0.2, -0.15) is 0 Å². The van der Waals surface area contributed by atoms with Crippen molar-refractivity contribution in [2.24, 2.45) is 0 Å². The summed E-state index contributed by atoms with van der Waals surface area (Å²) >= 11 is 0. The first-order valence-electron chi connectivity index (χ1n) is 14.1. The maximum atomic E-state index is 2.92. The van der Waals surface area contributed by atoms with E-state index in [1.54, 1.807) is 0 Å². The molecule has 1 heteroatoms. The van der Waals surface area contributed by atoms with Gasteiger partial charge < -0.3 is 0 Å². The van der Waals surface area contributed by atoms with Gasteiger partial charge in [0, 0.05) is 11.1 Å². The highest BCUT2D eigenvalue weighted by Gasteiger charge is 2.36. The Morgan fingerprint density at radius 3 is 1.07 bits per heavy atom. The van der Waals surface area contributed by atoms with Crippen LogP contribution in [-0.4, -0.2) is 22.5 Å². The zero-order chi connectivity index (χ0) is 22.7. The summed E-state index contributed by atoms with van der Waals surface area (Å²) in [6.45, 7) is 18.4. The maximum Gasteiger partial charge on any atom is 0.0158 e. The van der Waals surface area contributed by atoms with E-state index in [1.165, 1.54) is 129 Å². The van der Waals surface area contributed by atoms with Crippen molar-refractivity contribution in [3.05, 3.63) is 0 Å². The van der Waals surface area contributed by atoms with Crippen molar-refractivity contribution < 1.29 is 0 Å². The summed E-state index contributed by atoms with van der Waals surface area (Å²) in [7, 11) is 0. The molecule has 0 N–H and O–H groups in total. The van der Waals surface area contributed by atoms with Gasteiger partial charge >= 0.3 is 0 Å². The summed E-state index contributed by atoms with van der Waals surface area (Å²) in [5.41, 5.74) is 0.642. The molecule has 0 aliphatic heterocycles. The Morgan fingerprint density at radius 2 is 0.700 bits per heavy atom. The molecule has 0 bridgehead atoms. The predicted molar refractivity (Wildman–Crippen MR) is 140 cm³/mol. The molecule has 0 fully saturated rings. The van der Waals surface area contributed by atoms with Crippen molar-refractivity contribution in [3.8, 4) is 0 Å². The molecule has 0 saturated heterocycles. The summed E-state index contributed by atoms with van der Waals surface area (Å²) in [6, 6.07) is 0. The summed E-state index contributed by atoms with van der Waals surface area (Å²) in [6.07, 6.45) is 26.6. The standard InChI is InChI=1S/C29H61N/c1-8-11-14-17-18-21-24-27-30(28(4,5)25-22-19-15-12-9-2)29(6,7)26-23-20-16-13-10-3/h8-27H2,1-7H3. The number of nitrogens with zero attached hydrogens (tertiary/aromatic N) is 1. The van der Waals surface area contributed by atoms with Gasteiger partial charge in [0.2, 0.25) is 0 Å². The fourth-order valence-corrected chi connectivity index (χ4v) is 5.24. The van der Waals surface area contributed by atoms with Crippen LogP contribution in [0, 0.1) is 0 Å². The topological polar surface area (TPSA) is 3.24 Å². The Balaban J connectivity index is 4.70. The van der Waals surface area contributed by atoms with E-state index in [4.69, 9.17) is 0 Å². The minimum Gasteiger partial charge on any atom is -0.293 e. The van der Waals surface area contributed by atoms with Gasteiger partial charge in [0.05, 0.1) is 0 Å². The van der Waals surface area contributed by atoms with E-state index in [1.807, 2.05) is 0 Å². The van der Waals surface area contributed by atoms with Crippen molar-refractivity contribution in [2.45, 2.75) is 182 Å². The van der Waals surface area contributed by atoms with Crippen LogP contribution in [0.1, 0.15) is 170 Å². The van der Waals surface area contributed by atoms with Crippen molar-refractivity contribution in [1.82, 2.24) is 4.90 Å². The van der Waals surface area contributed by atoms with E-state index in [0.29, 0.717) is 11.1 Å². The molecule has 0 aromatic heterocycles. The summed E-state index contributed by atoms with van der Waals surface area (Å²) in [5, 5.41) is 0. The van der Waals surface area contributed by atoms with E-state index in [9.17, 15) is 0 Å². The zero-order valence-electron chi connectivity index (χ0n) is 22.6. The average Bonchev–Trinajstić information content (AvgIpc) is 2.69. The summed E-state index contributed by atoms with van der Waals surface area (Å²) in [4.78, 5) is 2.92. The lowest BCUT2D eigenvalue weighted by Gasteiger charge is -2.49. The van der Waals surface area contributed by atoms with Gasteiger partial charge in [-0.25, -0.2) is 0 Å². The van der Waals surface area contributed by atoms with Gasteiger partial charge in [0.25, 0.3) is 0 Å². The van der Waals surface area contributed by atoms with Gasteiger partial charge in [-0.15, -0.1) is 0 Å². The van der Waals surface area contributed by atoms with Crippen molar-refractivity contribution >= 4 is 0 Å². The second-order valence-electron chi connectivity index (χ2n) is 11.2. The molecule has 0 spiro atoms. The van der Waals surface area contributed by atoms with Crippen LogP contribution in [0.15, 0.2) is 0 Å². The Labute approximate surface area is 193 Å². The second kappa shape index (κ2) is 18.5. The molecule has 1 nitrogen and oxygen atoms in total. The van der Waals surface area contributed by atoms with Crippen molar-refractivity contribution in [3.63, 3.8) is 0 Å². The lowest BCUT2D eigenvalue weighted by Crippen LogP contribution is -2.55. The van der Waals surface area contributed by atoms with Gasteiger partial charge in [-0.1, -0.05) is 124 Å². The molecule has 0 unspecified atom stereocenters. The van der Waals surface area contributed by atoms with Gasteiger partial charge in [-0.05, 0) is 53.5 Å². The lowest BCUT2D eigenvalue weighted by molar-refractivity contribution is 0.00152. The summed E-state index contributed by atoms with van der Waals surface area (Å²) in [5.74, 6) is 0. The number of hydrogen-bond donors (Lipinski definition) is 0. The van der Waals surface area contributed by atoms with E-state index >= 15 is 0 Å². The second-order valence-corrected chi connectivity index (χ2v) is 11.2. The van der Waals surface area contributed by atoms with Crippen molar-refractivity contribution in [1.29, 1.82) is 0 Å².